The summed E-state index contributed by atoms with van der Waals surface area (Å²) < 4.78 is 5.08. The minimum Gasteiger partial charge on any atom is -0.460 e. The van der Waals surface area contributed by atoms with E-state index in [0.717, 1.165) is 5.56 Å². The van der Waals surface area contributed by atoms with E-state index in [4.69, 9.17) is 4.74 Å². The van der Waals surface area contributed by atoms with Crippen LogP contribution in [0.25, 0.3) is 0 Å². The molecule has 0 aliphatic heterocycles. The van der Waals surface area contributed by atoms with Crippen LogP contribution in [0.2, 0.25) is 0 Å². The van der Waals surface area contributed by atoms with Gasteiger partial charge in [-0.1, -0.05) is 30.3 Å². The molecule has 0 aromatic heterocycles. The molecule has 0 amide bonds. The lowest BCUT2D eigenvalue weighted by Gasteiger charge is -2.17. The van der Waals surface area contributed by atoms with Gasteiger partial charge in [-0.3, -0.25) is 4.79 Å². The zero-order valence-electron chi connectivity index (χ0n) is 9.51. The summed E-state index contributed by atoms with van der Waals surface area (Å²) in [5, 5.41) is 12.0. The summed E-state index contributed by atoms with van der Waals surface area (Å²) in [6, 6.07) is 8.75. The Morgan fingerprint density at radius 2 is 2.06 bits per heavy atom. The van der Waals surface area contributed by atoms with Crippen LogP contribution in [0.3, 0.4) is 0 Å². The van der Waals surface area contributed by atoms with Crippen molar-refractivity contribution in [1.29, 1.82) is 0 Å². The van der Waals surface area contributed by atoms with E-state index in [2.05, 4.69) is 5.32 Å². The second-order valence-electron chi connectivity index (χ2n) is 3.60. The van der Waals surface area contributed by atoms with E-state index in [1.807, 2.05) is 30.3 Å². The van der Waals surface area contributed by atoms with Crippen molar-refractivity contribution in [3.8, 4) is 0 Å². The fourth-order valence-corrected chi connectivity index (χ4v) is 1.37. The quantitative estimate of drug-likeness (QED) is 0.721. The van der Waals surface area contributed by atoms with Crippen molar-refractivity contribution in [2.24, 2.45) is 0 Å². The molecule has 0 radical (unpaired) electrons. The molecule has 0 heterocycles. The van der Waals surface area contributed by atoms with E-state index in [-0.39, 0.29) is 6.61 Å². The number of likely N-dealkylation sites (N-methyl/N-ethyl adjacent to an activating group) is 1. The third-order valence-corrected chi connectivity index (χ3v) is 2.27. The number of carbonyl (C=O) groups excluding carboxylic acids is 1. The van der Waals surface area contributed by atoms with Crippen molar-refractivity contribution in [2.75, 3.05) is 7.05 Å². The monoisotopic (exact) mass is 223 g/mol. The van der Waals surface area contributed by atoms with E-state index < -0.39 is 18.1 Å². The minimum atomic E-state index is -0.770. The van der Waals surface area contributed by atoms with E-state index in [1.54, 1.807) is 14.0 Å². The third kappa shape index (κ3) is 3.64. The number of aliphatic hydroxyl groups is 1. The molecule has 0 aliphatic carbocycles. The summed E-state index contributed by atoms with van der Waals surface area (Å²) in [7, 11) is 1.61. The van der Waals surface area contributed by atoms with Gasteiger partial charge < -0.3 is 15.2 Å². The van der Waals surface area contributed by atoms with Crippen molar-refractivity contribution >= 4 is 5.97 Å². The second-order valence-corrected chi connectivity index (χ2v) is 3.60. The first-order valence-electron chi connectivity index (χ1n) is 5.21. The molecule has 4 heteroatoms. The lowest BCUT2D eigenvalue weighted by Crippen LogP contribution is -2.43. The summed E-state index contributed by atoms with van der Waals surface area (Å²) in [5.74, 6) is -0.443. The van der Waals surface area contributed by atoms with Crippen molar-refractivity contribution in [3.63, 3.8) is 0 Å². The Morgan fingerprint density at radius 1 is 1.44 bits per heavy atom. The highest BCUT2D eigenvalue weighted by Gasteiger charge is 2.22. The average Bonchev–Trinajstić information content (AvgIpc) is 2.28. The van der Waals surface area contributed by atoms with Crippen LogP contribution in [0.5, 0.6) is 0 Å². The number of hydrogen-bond donors (Lipinski definition) is 2. The Labute approximate surface area is 95.2 Å². The molecule has 0 fully saturated rings. The predicted octanol–water partition coefficient (Wildman–Crippen LogP) is 0.699. The minimum absolute atomic E-state index is 0.227. The Kier molecular flexibility index (Phi) is 4.95. The van der Waals surface area contributed by atoms with E-state index in [0.29, 0.717) is 0 Å². The molecule has 1 rings (SSSR count). The molecule has 0 aliphatic rings. The number of esters is 1. The highest BCUT2D eigenvalue weighted by molar-refractivity contribution is 5.76. The van der Waals surface area contributed by atoms with E-state index in [1.165, 1.54) is 0 Å². The van der Waals surface area contributed by atoms with Gasteiger partial charge in [-0.25, -0.2) is 0 Å². The fourth-order valence-electron chi connectivity index (χ4n) is 1.37. The van der Waals surface area contributed by atoms with E-state index >= 15 is 0 Å². The van der Waals surface area contributed by atoms with Gasteiger partial charge in [-0.05, 0) is 19.5 Å². The number of rotatable bonds is 5. The standard InChI is InChI=1S/C12H17NO3/c1-9(14)11(13-2)12(15)16-8-10-6-4-3-5-7-10/h3-7,9,11,13-14H,8H2,1-2H3. The van der Waals surface area contributed by atoms with Crippen LogP contribution in [0, 0.1) is 0 Å². The number of ether oxygens (including phenoxy) is 1. The van der Waals surface area contributed by atoms with Gasteiger partial charge >= 0.3 is 5.97 Å². The maximum absolute atomic E-state index is 11.5. The van der Waals surface area contributed by atoms with Crippen molar-refractivity contribution < 1.29 is 14.6 Å². The topological polar surface area (TPSA) is 58.6 Å². The number of hydrogen-bond acceptors (Lipinski definition) is 4. The molecule has 0 bridgehead atoms. The molecule has 2 N–H and O–H groups in total. The van der Waals surface area contributed by atoms with Gasteiger partial charge in [0.05, 0.1) is 6.10 Å². The number of aliphatic hydroxyl groups excluding tert-OH is 1. The molecular weight excluding hydrogens is 206 g/mol. The summed E-state index contributed by atoms with van der Waals surface area (Å²) in [6.07, 6.45) is -0.770. The fraction of sp³-hybridized carbons (Fsp3) is 0.417. The van der Waals surface area contributed by atoms with Gasteiger partial charge in [0.2, 0.25) is 0 Å². The van der Waals surface area contributed by atoms with Crippen molar-refractivity contribution in [2.45, 2.75) is 25.7 Å². The molecule has 0 saturated carbocycles. The maximum atomic E-state index is 11.5. The van der Waals surface area contributed by atoms with Crippen LogP contribution in [0.4, 0.5) is 0 Å². The van der Waals surface area contributed by atoms with Gasteiger partial charge in [0.1, 0.15) is 12.6 Å². The normalized spacial score (nSPS) is 14.2. The van der Waals surface area contributed by atoms with Crippen LogP contribution >= 0.6 is 0 Å². The first-order valence-corrected chi connectivity index (χ1v) is 5.21. The highest BCUT2D eigenvalue weighted by atomic mass is 16.5. The van der Waals surface area contributed by atoms with Gasteiger partial charge in [0.25, 0.3) is 0 Å². The van der Waals surface area contributed by atoms with Crippen LogP contribution in [0.15, 0.2) is 30.3 Å². The van der Waals surface area contributed by atoms with Crippen molar-refractivity contribution in [1.82, 2.24) is 5.32 Å². The number of carbonyl (C=O) groups is 1. The molecule has 1 aromatic rings. The largest absolute Gasteiger partial charge is 0.460 e. The molecule has 2 atom stereocenters. The molecule has 0 saturated heterocycles. The predicted molar refractivity (Wildman–Crippen MR) is 60.8 cm³/mol. The Bertz CT molecular complexity index is 324. The average molecular weight is 223 g/mol. The van der Waals surface area contributed by atoms with Gasteiger partial charge in [-0.2, -0.15) is 0 Å². The third-order valence-electron chi connectivity index (χ3n) is 2.27. The summed E-state index contributed by atoms with van der Waals surface area (Å²) in [4.78, 5) is 11.5. The zero-order chi connectivity index (χ0) is 12.0. The molecule has 4 nitrogen and oxygen atoms in total. The molecule has 16 heavy (non-hydrogen) atoms. The van der Waals surface area contributed by atoms with Gasteiger partial charge in [0.15, 0.2) is 0 Å². The molecule has 88 valence electrons. The second kappa shape index (κ2) is 6.25. The summed E-state index contributed by atoms with van der Waals surface area (Å²) >= 11 is 0. The van der Waals surface area contributed by atoms with Crippen LogP contribution in [0.1, 0.15) is 12.5 Å². The Morgan fingerprint density at radius 3 is 2.56 bits per heavy atom. The lowest BCUT2D eigenvalue weighted by atomic mass is 10.2. The van der Waals surface area contributed by atoms with Crippen LogP contribution in [-0.2, 0) is 16.1 Å². The summed E-state index contributed by atoms with van der Waals surface area (Å²) in [6.45, 7) is 1.77. The molecular formula is C12H17NO3. The Hall–Kier alpha value is -1.39. The number of benzene rings is 1. The molecule has 0 spiro atoms. The summed E-state index contributed by atoms with van der Waals surface area (Å²) in [5.41, 5.74) is 0.927. The first kappa shape index (κ1) is 12.7. The molecule has 1 aromatic carbocycles. The zero-order valence-corrected chi connectivity index (χ0v) is 9.51. The van der Waals surface area contributed by atoms with Crippen LogP contribution in [-0.4, -0.2) is 30.3 Å². The SMILES string of the molecule is CNC(C(=O)OCc1ccccc1)C(C)O. The lowest BCUT2D eigenvalue weighted by molar-refractivity contribution is -0.150. The van der Waals surface area contributed by atoms with Gasteiger partial charge in [0, 0.05) is 0 Å². The van der Waals surface area contributed by atoms with Crippen LogP contribution < -0.4 is 5.32 Å². The Balaban J connectivity index is 2.46. The maximum Gasteiger partial charge on any atom is 0.326 e. The van der Waals surface area contributed by atoms with Gasteiger partial charge in [-0.15, -0.1) is 0 Å². The number of nitrogens with one attached hydrogen (secondary N) is 1. The van der Waals surface area contributed by atoms with E-state index in [9.17, 15) is 9.90 Å². The first-order chi connectivity index (χ1) is 7.65. The highest BCUT2D eigenvalue weighted by Crippen LogP contribution is 2.03. The smallest absolute Gasteiger partial charge is 0.326 e. The molecule has 2 unspecified atom stereocenters. The van der Waals surface area contributed by atoms with Crippen molar-refractivity contribution in [3.05, 3.63) is 35.9 Å².